The van der Waals surface area contributed by atoms with Gasteiger partial charge in [-0.1, -0.05) is 0 Å². The minimum atomic E-state index is -0.271. The van der Waals surface area contributed by atoms with Crippen LogP contribution < -0.4 is 0 Å². The summed E-state index contributed by atoms with van der Waals surface area (Å²) in [6.07, 6.45) is 3.54. The minimum absolute atomic E-state index is 0.271. The molecule has 1 aromatic carbocycles. The molecule has 2 nitrogen and oxygen atoms in total. The monoisotopic (exact) mass is 224 g/mol. The van der Waals surface area contributed by atoms with Gasteiger partial charge in [0.25, 0.3) is 0 Å². The van der Waals surface area contributed by atoms with Gasteiger partial charge in [-0.15, -0.1) is 11.6 Å². The van der Waals surface area contributed by atoms with Crippen LogP contribution in [0.3, 0.4) is 0 Å². The summed E-state index contributed by atoms with van der Waals surface area (Å²) in [5, 5.41) is 0. The molecule has 0 aliphatic carbocycles. The smallest absolute Gasteiger partial charge is 0.123 e. The molecule has 78 valence electrons. The van der Waals surface area contributed by atoms with Crippen LogP contribution in [0, 0.1) is 12.7 Å². The Kier molecular flexibility index (Phi) is 2.73. The third-order valence-electron chi connectivity index (χ3n) is 2.27. The second-order valence-corrected chi connectivity index (χ2v) is 3.52. The Balaban J connectivity index is 2.58. The summed E-state index contributed by atoms with van der Waals surface area (Å²) in [5.41, 5.74) is 1.64. The second-order valence-electron chi connectivity index (χ2n) is 3.25. The third-order valence-corrected chi connectivity index (χ3v) is 2.56. The zero-order valence-electron chi connectivity index (χ0n) is 8.24. The maximum Gasteiger partial charge on any atom is 0.123 e. The number of benzene rings is 1. The maximum atomic E-state index is 13.0. The molecule has 0 atom stereocenters. The fraction of sp³-hybridized carbons (Fsp3) is 0.182. The van der Waals surface area contributed by atoms with E-state index in [0.717, 1.165) is 17.1 Å². The molecule has 2 aromatic rings. The number of aryl methyl sites for hydroxylation is 1. The van der Waals surface area contributed by atoms with Gasteiger partial charge in [-0.3, -0.25) is 0 Å². The van der Waals surface area contributed by atoms with Crippen LogP contribution in [0.1, 0.15) is 11.4 Å². The van der Waals surface area contributed by atoms with E-state index in [1.165, 1.54) is 12.1 Å². The molecule has 0 N–H and O–H groups in total. The molecule has 2 rings (SSSR count). The lowest BCUT2D eigenvalue weighted by Crippen LogP contribution is -2.00. The van der Waals surface area contributed by atoms with E-state index in [0.29, 0.717) is 0 Å². The van der Waals surface area contributed by atoms with Crippen molar-refractivity contribution in [3.05, 3.63) is 47.8 Å². The van der Waals surface area contributed by atoms with E-state index in [-0.39, 0.29) is 11.7 Å². The molecule has 15 heavy (non-hydrogen) atoms. The molecule has 0 radical (unpaired) electrons. The standard InChI is InChI=1S/C11H10ClFN2/c1-8-14-4-5-15(8)11-3-2-10(13)6-9(11)7-12/h2-6H,7H2,1H3. The van der Waals surface area contributed by atoms with Crippen molar-refractivity contribution in [2.24, 2.45) is 0 Å². The summed E-state index contributed by atoms with van der Waals surface area (Å²) >= 11 is 5.77. The molecule has 4 heteroatoms. The van der Waals surface area contributed by atoms with E-state index in [4.69, 9.17) is 11.6 Å². The van der Waals surface area contributed by atoms with Crippen LogP contribution in [0.5, 0.6) is 0 Å². The van der Waals surface area contributed by atoms with Gasteiger partial charge in [0, 0.05) is 18.3 Å². The van der Waals surface area contributed by atoms with Crippen LogP contribution >= 0.6 is 11.6 Å². The Morgan fingerprint density at radius 2 is 2.27 bits per heavy atom. The first kappa shape index (κ1) is 10.2. The molecule has 0 saturated heterocycles. The van der Waals surface area contributed by atoms with Crippen LogP contribution in [0.25, 0.3) is 5.69 Å². The fourth-order valence-electron chi connectivity index (χ4n) is 1.53. The lowest BCUT2D eigenvalue weighted by atomic mass is 10.2. The van der Waals surface area contributed by atoms with Gasteiger partial charge >= 0.3 is 0 Å². The Morgan fingerprint density at radius 3 is 2.87 bits per heavy atom. The highest BCUT2D eigenvalue weighted by Crippen LogP contribution is 2.19. The topological polar surface area (TPSA) is 17.8 Å². The molecule has 0 aliphatic heterocycles. The molecular weight excluding hydrogens is 215 g/mol. The summed E-state index contributed by atoms with van der Waals surface area (Å²) in [6.45, 7) is 1.89. The van der Waals surface area contributed by atoms with Crippen molar-refractivity contribution in [2.45, 2.75) is 12.8 Å². The molecule has 0 aliphatic rings. The van der Waals surface area contributed by atoms with E-state index in [1.807, 2.05) is 17.7 Å². The van der Waals surface area contributed by atoms with E-state index >= 15 is 0 Å². The second kappa shape index (κ2) is 4.03. The SMILES string of the molecule is Cc1nccn1-c1ccc(F)cc1CCl. The molecule has 1 heterocycles. The number of hydrogen-bond acceptors (Lipinski definition) is 1. The number of halogens is 2. The molecule has 0 amide bonds. The van der Waals surface area contributed by atoms with Gasteiger partial charge in [0.05, 0.1) is 5.69 Å². The quantitative estimate of drug-likeness (QED) is 0.717. The number of aromatic nitrogens is 2. The Bertz CT molecular complexity index is 479. The fourth-order valence-corrected chi connectivity index (χ4v) is 1.74. The summed E-state index contributed by atoms with van der Waals surface area (Å²) < 4.78 is 14.9. The molecule has 0 bridgehead atoms. The van der Waals surface area contributed by atoms with Crippen LogP contribution in [0.4, 0.5) is 4.39 Å². The van der Waals surface area contributed by atoms with Crippen molar-refractivity contribution in [1.82, 2.24) is 9.55 Å². The molecular formula is C11H10ClFN2. The van der Waals surface area contributed by atoms with Gasteiger partial charge in [-0.05, 0) is 30.7 Å². The van der Waals surface area contributed by atoms with Crippen molar-refractivity contribution in [3.8, 4) is 5.69 Å². The number of hydrogen-bond donors (Lipinski definition) is 0. The van der Waals surface area contributed by atoms with Crippen LogP contribution in [-0.2, 0) is 5.88 Å². The number of nitrogens with zero attached hydrogens (tertiary/aromatic N) is 2. The molecule has 0 spiro atoms. The summed E-state index contributed by atoms with van der Waals surface area (Å²) in [6, 6.07) is 4.58. The average Bonchev–Trinajstić information content (AvgIpc) is 2.64. The van der Waals surface area contributed by atoms with Crippen molar-refractivity contribution in [3.63, 3.8) is 0 Å². The first-order chi connectivity index (χ1) is 7.22. The lowest BCUT2D eigenvalue weighted by molar-refractivity contribution is 0.625. The van der Waals surface area contributed by atoms with E-state index in [1.54, 1.807) is 12.3 Å². The first-order valence-corrected chi connectivity index (χ1v) is 5.10. The number of rotatable bonds is 2. The zero-order chi connectivity index (χ0) is 10.8. The summed E-state index contributed by atoms with van der Waals surface area (Å²) in [7, 11) is 0. The highest BCUT2D eigenvalue weighted by Gasteiger charge is 2.06. The Hall–Kier alpha value is -1.35. The van der Waals surface area contributed by atoms with Gasteiger partial charge in [-0.2, -0.15) is 0 Å². The highest BCUT2D eigenvalue weighted by atomic mass is 35.5. The van der Waals surface area contributed by atoms with Crippen molar-refractivity contribution >= 4 is 11.6 Å². The minimum Gasteiger partial charge on any atom is -0.304 e. The van der Waals surface area contributed by atoms with Gasteiger partial charge in [0.15, 0.2) is 0 Å². The van der Waals surface area contributed by atoms with E-state index in [2.05, 4.69) is 4.98 Å². The van der Waals surface area contributed by atoms with E-state index in [9.17, 15) is 4.39 Å². The van der Waals surface area contributed by atoms with Gasteiger partial charge in [-0.25, -0.2) is 9.37 Å². The Labute approximate surface area is 92.3 Å². The van der Waals surface area contributed by atoms with Crippen molar-refractivity contribution in [1.29, 1.82) is 0 Å². The van der Waals surface area contributed by atoms with E-state index < -0.39 is 0 Å². The maximum absolute atomic E-state index is 13.0. The van der Waals surface area contributed by atoms with Gasteiger partial charge < -0.3 is 4.57 Å². The predicted molar refractivity (Wildman–Crippen MR) is 57.8 cm³/mol. The molecule has 0 saturated carbocycles. The largest absolute Gasteiger partial charge is 0.304 e. The number of imidazole rings is 1. The summed E-state index contributed by atoms with van der Waals surface area (Å²) in [5.74, 6) is 0.866. The van der Waals surface area contributed by atoms with Gasteiger partial charge in [0.2, 0.25) is 0 Å². The zero-order valence-corrected chi connectivity index (χ0v) is 9.00. The molecule has 0 unspecified atom stereocenters. The molecule has 0 fully saturated rings. The number of alkyl halides is 1. The Morgan fingerprint density at radius 1 is 1.47 bits per heavy atom. The van der Waals surface area contributed by atoms with Crippen LogP contribution in [0.2, 0.25) is 0 Å². The highest BCUT2D eigenvalue weighted by molar-refractivity contribution is 6.17. The van der Waals surface area contributed by atoms with Crippen LogP contribution in [-0.4, -0.2) is 9.55 Å². The molecule has 1 aromatic heterocycles. The van der Waals surface area contributed by atoms with Crippen molar-refractivity contribution in [2.75, 3.05) is 0 Å². The third kappa shape index (κ3) is 1.88. The van der Waals surface area contributed by atoms with Crippen molar-refractivity contribution < 1.29 is 4.39 Å². The van der Waals surface area contributed by atoms with Crippen LogP contribution in [0.15, 0.2) is 30.6 Å². The average molecular weight is 225 g/mol. The normalized spacial score (nSPS) is 10.6. The lowest BCUT2D eigenvalue weighted by Gasteiger charge is -2.09. The van der Waals surface area contributed by atoms with Gasteiger partial charge in [0.1, 0.15) is 11.6 Å². The first-order valence-electron chi connectivity index (χ1n) is 4.57. The predicted octanol–water partition coefficient (Wildman–Crippen LogP) is 3.06. The summed E-state index contributed by atoms with van der Waals surface area (Å²) in [4.78, 5) is 4.12.